The number of pyridine rings is 1. The Morgan fingerprint density at radius 2 is 1.91 bits per heavy atom. The van der Waals surface area contributed by atoms with E-state index in [1.807, 2.05) is 43.3 Å². The second-order valence-corrected chi connectivity index (χ2v) is 6.08. The summed E-state index contributed by atoms with van der Waals surface area (Å²) in [6, 6.07) is 15.9. The largest absolute Gasteiger partial charge is 0.491 e. The molecule has 0 fully saturated rings. The van der Waals surface area contributed by atoms with Crippen LogP contribution in [0, 0.1) is 6.92 Å². The predicted octanol–water partition coefficient (Wildman–Crippen LogP) is 4.15. The van der Waals surface area contributed by atoms with Gasteiger partial charge in [-0.3, -0.25) is 4.79 Å². The van der Waals surface area contributed by atoms with Crippen molar-refractivity contribution in [2.75, 3.05) is 6.61 Å². The van der Waals surface area contributed by atoms with E-state index in [0.29, 0.717) is 13.2 Å². The average molecular weight is 358 g/mol. The zero-order chi connectivity index (χ0) is 15.5. The average Bonchev–Trinajstić information content (AvgIpc) is 2.52. The number of rotatable bonds is 4. The first kappa shape index (κ1) is 14.9. The van der Waals surface area contributed by atoms with E-state index < -0.39 is 0 Å². The summed E-state index contributed by atoms with van der Waals surface area (Å²) in [6.45, 7) is 2.78. The molecule has 0 saturated carbocycles. The third-order valence-corrected chi connectivity index (χ3v) is 4.00. The third-order valence-electron chi connectivity index (χ3n) is 3.57. The standard InChI is InChI=1S/C18H16BrNO2/c1-13-11-15(19)12-20(18(13)21)9-10-22-17-8-4-6-14-5-2-3-7-16(14)17/h2-8,11-12H,9-10H2,1H3. The lowest BCUT2D eigenvalue weighted by Gasteiger charge is -2.11. The summed E-state index contributed by atoms with van der Waals surface area (Å²) in [7, 11) is 0. The Kier molecular flexibility index (Phi) is 4.29. The second kappa shape index (κ2) is 6.36. The van der Waals surface area contributed by atoms with Crippen molar-refractivity contribution in [3.05, 3.63) is 75.1 Å². The van der Waals surface area contributed by atoms with Crippen LogP contribution >= 0.6 is 15.9 Å². The van der Waals surface area contributed by atoms with Gasteiger partial charge < -0.3 is 9.30 Å². The van der Waals surface area contributed by atoms with E-state index in [1.165, 1.54) is 0 Å². The molecule has 0 N–H and O–H groups in total. The number of nitrogens with zero attached hydrogens (tertiary/aromatic N) is 1. The maximum absolute atomic E-state index is 12.1. The fourth-order valence-electron chi connectivity index (χ4n) is 2.48. The minimum Gasteiger partial charge on any atom is -0.491 e. The number of hydrogen-bond donors (Lipinski definition) is 0. The monoisotopic (exact) mass is 357 g/mol. The van der Waals surface area contributed by atoms with E-state index >= 15 is 0 Å². The van der Waals surface area contributed by atoms with Gasteiger partial charge in [-0.15, -0.1) is 0 Å². The highest BCUT2D eigenvalue weighted by Crippen LogP contribution is 2.25. The van der Waals surface area contributed by atoms with Gasteiger partial charge in [-0.2, -0.15) is 0 Å². The summed E-state index contributed by atoms with van der Waals surface area (Å²) < 4.78 is 8.45. The van der Waals surface area contributed by atoms with Crippen LogP contribution in [0.3, 0.4) is 0 Å². The fourth-order valence-corrected chi connectivity index (χ4v) is 3.07. The van der Waals surface area contributed by atoms with Crippen molar-refractivity contribution in [1.82, 2.24) is 4.57 Å². The third kappa shape index (κ3) is 3.07. The molecule has 112 valence electrons. The summed E-state index contributed by atoms with van der Waals surface area (Å²) in [5, 5.41) is 2.23. The van der Waals surface area contributed by atoms with Crippen LogP contribution in [-0.4, -0.2) is 11.2 Å². The first-order valence-electron chi connectivity index (χ1n) is 7.12. The van der Waals surface area contributed by atoms with Crippen LogP contribution in [-0.2, 0) is 6.54 Å². The molecule has 0 bridgehead atoms. The van der Waals surface area contributed by atoms with Gasteiger partial charge in [0.2, 0.25) is 0 Å². The molecule has 0 saturated heterocycles. The number of halogens is 1. The SMILES string of the molecule is Cc1cc(Br)cn(CCOc2cccc3ccccc23)c1=O. The lowest BCUT2D eigenvalue weighted by Crippen LogP contribution is -2.24. The Labute approximate surface area is 137 Å². The van der Waals surface area contributed by atoms with Crippen molar-refractivity contribution >= 4 is 26.7 Å². The number of fused-ring (bicyclic) bond motifs is 1. The van der Waals surface area contributed by atoms with Gasteiger partial charge >= 0.3 is 0 Å². The summed E-state index contributed by atoms with van der Waals surface area (Å²) in [6.07, 6.45) is 1.79. The van der Waals surface area contributed by atoms with Crippen molar-refractivity contribution < 1.29 is 4.74 Å². The molecule has 3 aromatic rings. The molecule has 0 spiro atoms. The Morgan fingerprint density at radius 1 is 1.14 bits per heavy atom. The lowest BCUT2D eigenvalue weighted by molar-refractivity contribution is 0.299. The fraction of sp³-hybridized carbons (Fsp3) is 0.167. The predicted molar refractivity (Wildman–Crippen MR) is 92.6 cm³/mol. The van der Waals surface area contributed by atoms with Gasteiger partial charge in [-0.05, 0) is 40.4 Å². The highest BCUT2D eigenvalue weighted by Gasteiger charge is 2.04. The summed E-state index contributed by atoms with van der Waals surface area (Å²) >= 11 is 3.42. The highest BCUT2D eigenvalue weighted by atomic mass is 79.9. The molecule has 0 radical (unpaired) electrons. The van der Waals surface area contributed by atoms with Crippen LogP contribution < -0.4 is 10.3 Å². The maximum atomic E-state index is 12.1. The Bertz CT molecular complexity index is 865. The number of ether oxygens (including phenoxy) is 1. The van der Waals surface area contributed by atoms with Crippen molar-refractivity contribution in [1.29, 1.82) is 0 Å². The molecule has 22 heavy (non-hydrogen) atoms. The van der Waals surface area contributed by atoms with Crippen LogP contribution in [0.5, 0.6) is 5.75 Å². The van der Waals surface area contributed by atoms with Gasteiger partial charge in [0.25, 0.3) is 5.56 Å². The Morgan fingerprint density at radius 3 is 2.77 bits per heavy atom. The molecule has 0 aliphatic carbocycles. The smallest absolute Gasteiger partial charge is 0.253 e. The van der Waals surface area contributed by atoms with Crippen LogP contribution in [0.15, 0.2) is 64.0 Å². The zero-order valence-electron chi connectivity index (χ0n) is 12.3. The molecule has 0 amide bonds. The topological polar surface area (TPSA) is 31.2 Å². The first-order chi connectivity index (χ1) is 10.6. The van der Waals surface area contributed by atoms with Crippen molar-refractivity contribution in [3.8, 4) is 5.75 Å². The molecule has 0 aliphatic heterocycles. The van der Waals surface area contributed by atoms with E-state index in [4.69, 9.17) is 4.74 Å². The lowest BCUT2D eigenvalue weighted by atomic mass is 10.1. The van der Waals surface area contributed by atoms with E-state index in [1.54, 1.807) is 10.8 Å². The van der Waals surface area contributed by atoms with Crippen molar-refractivity contribution in [2.45, 2.75) is 13.5 Å². The van der Waals surface area contributed by atoms with Crippen molar-refractivity contribution in [3.63, 3.8) is 0 Å². The molecule has 0 unspecified atom stereocenters. The molecule has 3 rings (SSSR count). The highest BCUT2D eigenvalue weighted by molar-refractivity contribution is 9.10. The molecule has 1 heterocycles. The van der Waals surface area contributed by atoms with E-state index in [0.717, 1.165) is 26.6 Å². The molecular formula is C18H16BrNO2. The molecule has 3 nitrogen and oxygen atoms in total. The van der Waals surface area contributed by atoms with E-state index in [9.17, 15) is 4.79 Å². The summed E-state index contributed by atoms with van der Waals surface area (Å²) in [4.78, 5) is 12.1. The molecule has 2 aromatic carbocycles. The van der Waals surface area contributed by atoms with Gasteiger partial charge in [0.1, 0.15) is 12.4 Å². The molecule has 1 aromatic heterocycles. The Hall–Kier alpha value is -2.07. The minimum absolute atomic E-state index is 0.0183. The Balaban J connectivity index is 1.77. The van der Waals surface area contributed by atoms with Gasteiger partial charge in [0.05, 0.1) is 6.54 Å². The molecule has 0 atom stereocenters. The number of aromatic nitrogens is 1. The van der Waals surface area contributed by atoms with Gasteiger partial charge in [-0.1, -0.05) is 36.4 Å². The molecule has 4 heteroatoms. The van der Waals surface area contributed by atoms with Crippen LogP contribution in [0.2, 0.25) is 0 Å². The quantitative estimate of drug-likeness (QED) is 0.702. The second-order valence-electron chi connectivity index (χ2n) is 5.17. The van der Waals surface area contributed by atoms with E-state index in [2.05, 4.69) is 28.1 Å². The normalized spacial score (nSPS) is 10.8. The maximum Gasteiger partial charge on any atom is 0.253 e. The van der Waals surface area contributed by atoms with Crippen LogP contribution in [0.4, 0.5) is 0 Å². The van der Waals surface area contributed by atoms with Crippen molar-refractivity contribution in [2.24, 2.45) is 0 Å². The van der Waals surface area contributed by atoms with E-state index in [-0.39, 0.29) is 5.56 Å². The van der Waals surface area contributed by atoms with Gasteiger partial charge in [0, 0.05) is 21.6 Å². The first-order valence-corrected chi connectivity index (χ1v) is 7.91. The molecular weight excluding hydrogens is 342 g/mol. The number of benzene rings is 2. The minimum atomic E-state index is 0.0183. The number of aryl methyl sites for hydroxylation is 1. The summed E-state index contributed by atoms with van der Waals surface area (Å²) in [5.74, 6) is 0.845. The van der Waals surface area contributed by atoms with Crippen LogP contribution in [0.25, 0.3) is 10.8 Å². The number of hydrogen-bond acceptors (Lipinski definition) is 2. The van der Waals surface area contributed by atoms with Gasteiger partial charge in [-0.25, -0.2) is 0 Å². The molecule has 0 aliphatic rings. The zero-order valence-corrected chi connectivity index (χ0v) is 13.8. The van der Waals surface area contributed by atoms with Crippen LogP contribution in [0.1, 0.15) is 5.56 Å². The summed E-state index contributed by atoms with van der Waals surface area (Å²) in [5.41, 5.74) is 0.740. The van der Waals surface area contributed by atoms with Gasteiger partial charge in [0.15, 0.2) is 0 Å².